The number of aliphatic hydroxyl groups excluding tert-OH is 2. The Labute approximate surface area is 203 Å². The van der Waals surface area contributed by atoms with Gasteiger partial charge in [-0.1, -0.05) is 46.4 Å². The molecule has 0 fully saturated rings. The summed E-state index contributed by atoms with van der Waals surface area (Å²) in [4.78, 5) is 9.59. The molecule has 3 rings (SSSR count). The minimum atomic E-state index is -1.21. The Bertz CT molecular complexity index is 1170. The highest BCUT2D eigenvalue weighted by Crippen LogP contribution is 2.26. The zero-order valence-electron chi connectivity index (χ0n) is 18.0. The van der Waals surface area contributed by atoms with Gasteiger partial charge in [0.2, 0.25) is 0 Å². The molecule has 180 valence electrons. The molecule has 0 amide bonds. The van der Waals surface area contributed by atoms with E-state index < -0.39 is 23.8 Å². The van der Waals surface area contributed by atoms with Crippen LogP contribution in [0.15, 0.2) is 35.8 Å². The molecule has 2 unspecified atom stereocenters. The second-order valence-corrected chi connectivity index (χ2v) is 6.80. The summed E-state index contributed by atoms with van der Waals surface area (Å²) >= 11 is 11.3. The predicted molar refractivity (Wildman–Crippen MR) is 122 cm³/mol. The van der Waals surface area contributed by atoms with Crippen molar-refractivity contribution < 1.29 is 19.0 Å². The predicted octanol–water partition coefficient (Wildman–Crippen LogP) is 4.42. The van der Waals surface area contributed by atoms with E-state index in [0.717, 1.165) is 24.5 Å². The van der Waals surface area contributed by atoms with Gasteiger partial charge in [-0.15, -0.1) is 11.5 Å². The molecule has 0 saturated heterocycles. The molecule has 3 aromatic rings. The minimum absolute atomic E-state index is 0.0156. The number of azide groups is 1. The van der Waals surface area contributed by atoms with Crippen LogP contribution in [0.3, 0.4) is 0 Å². The van der Waals surface area contributed by atoms with Gasteiger partial charge in [0.25, 0.3) is 0 Å². The Balaban J connectivity index is 0.000000296. The Morgan fingerprint density at radius 2 is 1.71 bits per heavy atom. The van der Waals surface area contributed by atoms with Gasteiger partial charge in [-0.25, -0.2) is 18.7 Å². The molecule has 3 aromatic heterocycles. The summed E-state index contributed by atoms with van der Waals surface area (Å²) in [6.07, 6.45) is 6.09. The number of aliphatic hydroxyl groups is 2. The minimum Gasteiger partial charge on any atom is -0.382 e. The van der Waals surface area contributed by atoms with Crippen molar-refractivity contribution in [2.75, 3.05) is 6.54 Å². The number of halogens is 4. The van der Waals surface area contributed by atoms with E-state index in [1.165, 1.54) is 0 Å². The number of pyridine rings is 2. The number of aromatic nitrogens is 5. The third kappa shape index (κ3) is 8.90. The van der Waals surface area contributed by atoms with Gasteiger partial charge in [0.05, 0.1) is 18.6 Å². The van der Waals surface area contributed by atoms with Crippen molar-refractivity contribution in [1.82, 2.24) is 25.0 Å². The molecular weight excluding hydrogens is 493 g/mol. The molecule has 2 atom stereocenters. The molecule has 3 heterocycles. The van der Waals surface area contributed by atoms with Crippen LogP contribution < -0.4 is 0 Å². The molecule has 14 heteroatoms. The van der Waals surface area contributed by atoms with Gasteiger partial charge in [0.1, 0.15) is 39.8 Å². The van der Waals surface area contributed by atoms with E-state index in [4.69, 9.17) is 40.3 Å². The van der Waals surface area contributed by atoms with E-state index in [-0.39, 0.29) is 21.4 Å². The van der Waals surface area contributed by atoms with Crippen LogP contribution in [0.25, 0.3) is 10.4 Å². The average molecular weight is 513 g/mol. The lowest BCUT2D eigenvalue weighted by Crippen LogP contribution is -2.03. The average Bonchev–Trinajstić information content (AvgIpc) is 3.32. The fourth-order valence-electron chi connectivity index (χ4n) is 2.17. The lowest BCUT2D eigenvalue weighted by atomic mass is 10.1. The van der Waals surface area contributed by atoms with Crippen LogP contribution in [0, 0.1) is 24.0 Å². The monoisotopic (exact) mass is 512 g/mol. The van der Waals surface area contributed by atoms with Crippen molar-refractivity contribution in [2.45, 2.75) is 32.6 Å². The Morgan fingerprint density at radius 1 is 1.15 bits per heavy atom. The highest BCUT2D eigenvalue weighted by Gasteiger charge is 2.19. The molecule has 34 heavy (non-hydrogen) atoms. The van der Waals surface area contributed by atoms with Gasteiger partial charge < -0.3 is 10.2 Å². The summed E-state index contributed by atoms with van der Waals surface area (Å²) in [5.41, 5.74) is 8.12. The Kier molecular flexibility index (Phi) is 12.4. The zero-order chi connectivity index (χ0) is 25.7. The van der Waals surface area contributed by atoms with Gasteiger partial charge in [-0.3, -0.25) is 4.68 Å². The van der Waals surface area contributed by atoms with Gasteiger partial charge in [-0.05, 0) is 24.6 Å². The van der Waals surface area contributed by atoms with E-state index in [1.807, 2.05) is 12.8 Å². The number of terminal acetylenes is 1. The second-order valence-electron chi connectivity index (χ2n) is 6.09. The summed E-state index contributed by atoms with van der Waals surface area (Å²) in [5, 5.41) is 29.9. The van der Waals surface area contributed by atoms with Crippen molar-refractivity contribution in [3.63, 3.8) is 0 Å². The SMILES string of the molecule is C#CC(O)c1cc(F)cnc1Cl.CCN=[N+]=[N-].CCn1cc(C(O)c2cc(F)cnc2Cl)nn1. The first-order valence-electron chi connectivity index (χ1n) is 9.53. The van der Waals surface area contributed by atoms with Gasteiger partial charge in [0, 0.05) is 29.1 Å². The molecule has 0 bridgehead atoms. The lowest BCUT2D eigenvalue weighted by Gasteiger charge is -2.08. The Morgan fingerprint density at radius 3 is 2.15 bits per heavy atom. The molecule has 0 spiro atoms. The van der Waals surface area contributed by atoms with Crippen LogP contribution in [-0.4, -0.2) is 41.7 Å². The van der Waals surface area contributed by atoms with Crippen molar-refractivity contribution >= 4 is 23.2 Å². The third-order valence-electron chi connectivity index (χ3n) is 3.78. The topological polar surface area (TPSA) is 146 Å². The first kappa shape index (κ1) is 28.7. The number of aryl methyl sites for hydroxylation is 1. The second kappa shape index (κ2) is 14.7. The van der Waals surface area contributed by atoms with Crippen molar-refractivity contribution in [3.8, 4) is 12.3 Å². The molecule has 0 aliphatic rings. The van der Waals surface area contributed by atoms with Gasteiger partial charge in [0.15, 0.2) is 0 Å². The van der Waals surface area contributed by atoms with Crippen LogP contribution in [0.2, 0.25) is 10.3 Å². The number of hydrogen-bond acceptors (Lipinski definition) is 7. The molecule has 0 aliphatic carbocycles. The Hall–Kier alpha value is -3.33. The summed E-state index contributed by atoms with van der Waals surface area (Å²) in [6, 6.07) is 2.19. The largest absolute Gasteiger partial charge is 0.382 e. The molecule has 0 aliphatic heterocycles. The first-order chi connectivity index (χ1) is 16.2. The van der Waals surface area contributed by atoms with Crippen molar-refractivity contribution in [1.29, 1.82) is 0 Å². The van der Waals surface area contributed by atoms with E-state index in [2.05, 4.69) is 30.3 Å². The normalized spacial score (nSPS) is 11.5. The highest BCUT2D eigenvalue weighted by molar-refractivity contribution is 6.30. The number of hydrogen-bond donors (Lipinski definition) is 2. The fraction of sp³-hybridized carbons (Fsp3) is 0.300. The van der Waals surface area contributed by atoms with E-state index in [1.54, 1.807) is 17.8 Å². The smallest absolute Gasteiger partial charge is 0.143 e. The summed E-state index contributed by atoms with van der Waals surface area (Å²) in [6.45, 7) is 4.87. The quantitative estimate of drug-likeness (QED) is 0.170. The van der Waals surface area contributed by atoms with Crippen LogP contribution in [-0.2, 0) is 6.54 Å². The zero-order valence-corrected chi connectivity index (χ0v) is 19.5. The van der Waals surface area contributed by atoms with Crippen LogP contribution in [0.5, 0.6) is 0 Å². The van der Waals surface area contributed by atoms with E-state index in [9.17, 15) is 13.9 Å². The highest BCUT2D eigenvalue weighted by atomic mass is 35.5. The maximum Gasteiger partial charge on any atom is 0.143 e. The summed E-state index contributed by atoms with van der Waals surface area (Å²) in [5.74, 6) is 0.870. The fourth-order valence-corrected chi connectivity index (χ4v) is 2.58. The van der Waals surface area contributed by atoms with E-state index >= 15 is 0 Å². The molecule has 2 N–H and O–H groups in total. The molecular formula is C20H20Cl2F2N8O2. The van der Waals surface area contributed by atoms with Crippen LogP contribution in [0.1, 0.15) is 42.9 Å². The van der Waals surface area contributed by atoms with E-state index in [0.29, 0.717) is 18.8 Å². The third-order valence-corrected chi connectivity index (χ3v) is 4.41. The van der Waals surface area contributed by atoms with Crippen molar-refractivity contribution in [3.05, 3.63) is 79.9 Å². The number of nitrogens with zero attached hydrogens (tertiary/aromatic N) is 8. The maximum atomic E-state index is 13.0. The molecule has 0 aromatic carbocycles. The van der Waals surface area contributed by atoms with Crippen LogP contribution >= 0.6 is 23.2 Å². The molecule has 0 radical (unpaired) electrons. The summed E-state index contributed by atoms with van der Waals surface area (Å²) < 4.78 is 27.1. The van der Waals surface area contributed by atoms with Gasteiger partial charge >= 0.3 is 0 Å². The molecule has 0 saturated carbocycles. The summed E-state index contributed by atoms with van der Waals surface area (Å²) in [7, 11) is 0. The maximum absolute atomic E-state index is 13.0. The lowest BCUT2D eigenvalue weighted by molar-refractivity contribution is 0.214. The molecule has 10 nitrogen and oxygen atoms in total. The first-order valence-corrected chi connectivity index (χ1v) is 10.3. The standard InChI is InChI=1S/C10H10ClFN4O.C8H5ClFNO.C2H5N3/c1-2-16-5-8(14-15-16)9(17)7-3-6(12)4-13-10(7)11;1-2-7(12)6-3-5(10)4-11-8(6)9;1-2-4-5-3/h3-5,9,17H,2H2,1H3;1,3-4,7,12H;2H2,1H3. The number of rotatable bonds is 5. The van der Waals surface area contributed by atoms with Gasteiger partial charge in [-0.2, -0.15) is 0 Å². The van der Waals surface area contributed by atoms with Crippen molar-refractivity contribution in [2.24, 2.45) is 5.11 Å². The van der Waals surface area contributed by atoms with Crippen LogP contribution in [0.4, 0.5) is 8.78 Å².